The van der Waals surface area contributed by atoms with E-state index in [0.29, 0.717) is 45.8 Å². The number of aryl methyl sites for hydroxylation is 1. The number of rotatable bonds is 6. The van der Waals surface area contributed by atoms with Crippen molar-refractivity contribution in [2.45, 2.75) is 19.9 Å². The van der Waals surface area contributed by atoms with Crippen molar-refractivity contribution in [2.24, 2.45) is 0 Å². The van der Waals surface area contributed by atoms with Gasteiger partial charge in [-0.15, -0.1) is 0 Å². The minimum Gasteiger partial charge on any atom is -0.503 e. The summed E-state index contributed by atoms with van der Waals surface area (Å²) in [5.41, 5.74) is 1.12. The highest BCUT2D eigenvalue weighted by Gasteiger charge is 2.47. The Hall–Kier alpha value is -4.31. The summed E-state index contributed by atoms with van der Waals surface area (Å²) in [5, 5.41) is 11.3. The summed E-state index contributed by atoms with van der Waals surface area (Å²) in [7, 11) is 0. The third-order valence-electron chi connectivity index (χ3n) is 5.99. The maximum atomic E-state index is 13.5. The largest absolute Gasteiger partial charge is 0.503 e. The van der Waals surface area contributed by atoms with E-state index in [-0.39, 0.29) is 18.1 Å². The number of thiazole rings is 1. The number of ketones is 1. The third-order valence-corrected chi connectivity index (χ3v) is 7.01. The van der Waals surface area contributed by atoms with Gasteiger partial charge in [0.15, 0.2) is 28.1 Å². The van der Waals surface area contributed by atoms with Crippen LogP contribution in [0.15, 0.2) is 64.3 Å². The molecular weight excluding hydrogens is 484 g/mol. The van der Waals surface area contributed by atoms with E-state index in [2.05, 4.69) is 4.98 Å². The number of benzene rings is 2. The molecule has 182 valence electrons. The molecule has 1 atom stereocenters. The third kappa shape index (κ3) is 3.49. The molecule has 6 rings (SSSR count). The molecule has 10 heteroatoms. The molecule has 0 aliphatic carbocycles. The Bertz CT molecular complexity index is 1570. The molecule has 2 aromatic heterocycles. The first kappa shape index (κ1) is 22.2. The van der Waals surface area contributed by atoms with Gasteiger partial charge < -0.3 is 23.7 Å². The standard InChI is InChI=1S/C26H20N2O7S/c1-3-32-15-6-7-16-20(11-15)36-26(27-16)28-22(14-5-9-17-19(10-14)34-12-33-17)21(24(30)25(28)31)23(29)18-8-4-13(2)35-18/h4-11,22,30H,3,12H2,1-2H3. The molecule has 9 nitrogen and oxygen atoms in total. The molecule has 1 unspecified atom stereocenters. The zero-order chi connectivity index (χ0) is 25.0. The molecule has 0 spiro atoms. The number of fused-ring (bicyclic) bond motifs is 2. The summed E-state index contributed by atoms with van der Waals surface area (Å²) in [5.74, 6) is 0.331. The molecule has 2 aromatic carbocycles. The topological polar surface area (TPSA) is 111 Å². The Labute approximate surface area is 209 Å². The average Bonchev–Trinajstić information content (AvgIpc) is 3.64. The van der Waals surface area contributed by atoms with E-state index < -0.39 is 23.5 Å². The maximum absolute atomic E-state index is 13.5. The van der Waals surface area contributed by atoms with E-state index >= 15 is 0 Å². The smallest absolute Gasteiger partial charge is 0.296 e. The number of hydrogen-bond acceptors (Lipinski definition) is 9. The van der Waals surface area contributed by atoms with E-state index in [4.69, 9.17) is 18.6 Å². The van der Waals surface area contributed by atoms with E-state index in [1.807, 2.05) is 13.0 Å². The van der Waals surface area contributed by atoms with Crippen LogP contribution in [0.1, 0.15) is 34.8 Å². The summed E-state index contributed by atoms with van der Waals surface area (Å²) in [4.78, 5) is 32.9. The molecule has 2 aliphatic rings. The van der Waals surface area contributed by atoms with Crippen molar-refractivity contribution in [2.75, 3.05) is 18.3 Å². The lowest BCUT2D eigenvalue weighted by Gasteiger charge is -2.24. The summed E-state index contributed by atoms with van der Waals surface area (Å²) >= 11 is 1.26. The van der Waals surface area contributed by atoms with Gasteiger partial charge in [0.25, 0.3) is 5.91 Å². The van der Waals surface area contributed by atoms with Gasteiger partial charge in [0.1, 0.15) is 11.5 Å². The minimum atomic E-state index is -0.961. The number of nitrogens with zero attached hydrogens (tertiary/aromatic N) is 2. The summed E-state index contributed by atoms with van der Waals surface area (Å²) in [6.07, 6.45) is 0. The SMILES string of the molecule is CCOc1ccc2nc(N3C(=O)C(O)=C(C(=O)c4ccc(C)o4)C3c3ccc4c(c3)OCO4)sc2c1. The Morgan fingerprint density at radius 2 is 2.00 bits per heavy atom. The predicted octanol–water partition coefficient (Wildman–Crippen LogP) is 5.11. The average molecular weight is 505 g/mol. The van der Waals surface area contributed by atoms with E-state index in [0.717, 1.165) is 4.70 Å². The zero-order valence-corrected chi connectivity index (χ0v) is 20.1. The van der Waals surface area contributed by atoms with Gasteiger partial charge in [-0.05, 0) is 61.9 Å². The minimum absolute atomic E-state index is 0.0279. The Morgan fingerprint density at radius 3 is 2.78 bits per heavy atom. The summed E-state index contributed by atoms with van der Waals surface area (Å²) < 4.78 is 22.9. The molecule has 2 aliphatic heterocycles. The molecule has 4 aromatic rings. The van der Waals surface area contributed by atoms with E-state index in [1.165, 1.54) is 22.3 Å². The number of anilines is 1. The molecule has 0 saturated heterocycles. The van der Waals surface area contributed by atoms with Crippen LogP contribution in [0.3, 0.4) is 0 Å². The number of Topliss-reactive ketones (excluding diaryl/α,β-unsaturated/α-hetero) is 1. The van der Waals surface area contributed by atoms with E-state index in [9.17, 15) is 14.7 Å². The lowest BCUT2D eigenvalue weighted by atomic mass is 9.95. The van der Waals surface area contributed by atoms with Gasteiger partial charge >= 0.3 is 0 Å². The number of aromatic nitrogens is 1. The number of hydrogen-bond donors (Lipinski definition) is 1. The fourth-order valence-corrected chi connectivity index (χ4v) is 5.40. The van der Waals surface area contributed by atoms with Crippen molar-refractivity contribution >= 4 is 38.4 Å². The van der Waals surface area contributed by atoms with Crippen LogP contribution in [0.5, 0.6) is 17.2 Å². The second-order valence-electron chi connectivity index (χ2n) is 8.25. The monoisotopic (exact) mass is 504 g/mol. The first-order valence-electron chi connectivity index (χ1n) is 11.3. The summed E-state index contributed by atoms with van der Waals surface area (Å²) in [6, 6.07) is 12.8. The van der Waals surface area contributed by atoms with Crippen molar-refractivity contribution in [3.8, 4) is 17.2 Å². The van der Waals surface area contributed by atoms with Gasteiger partial charge in [-0.1, -0.05) is 17.4 Å². The van der Waals surface area contributed by atoms with Crippen molar-refractivity contribution < 1.29 is 33.3 Å². The second-order valence-corrected chi connectivity index (χ2v) is 9.26. The van der Waals surface area contributed by atoms with E-state index in [1.54, 1.807) is 43.3 Å². The molecule has 0 bridgehead atoms. The predicted molar refractivity (Wildman–Crippen MR) is 131 cm³/mol. The Kier molecular flexibility index (Phi) is 5.18. The van der Waals surface area contributed by atoms with Crippen LogP contribution >= 0.6 is 11.3 Å². The first-order chi connectivity index (χ1) is 17.4. The lowest BCUT2D eigenvalue weighted by molar-refractivity contribution is -0.117. The van der Waals surface area contributed by atoms with Gasteiger partial charge in [-0.25, -0.2) is 4.98 Å². The van der Waals surface area contributed by atoms with Crippen LogP contribution in [-0.2, 0) is 4.79 Å². The number of carbonyl (C=O) groups excluding carboxylic acids is 2. The highest BCUT2D eigenvalue weighted by Crippen LogP contribution is 2.46. The highest BCUT2D eigenvalue weighted by atomic mass is 32.1. The number of aliphatic hydroxyl groups is 1. The molecule has 0 fully saturated rings. The van der Waals surface area contributed by atoms with Crippen molar-refractivity contribution in [1.29, 1.82) is 0 Å². The fourth-order valence-electron chi connectivity index (χ4n) is 4.37. The Balaban J connectivity index is 1.49. The van der Waals surface area contributed by atoms with Crippen molar-refractivity contribution in [3.05, 3.63) is 76.9 Å². The van der Waals surface area contributed by atoms with Crippen molar-refractivity contribution in [3.63, 3.8) is 0 Å². The van der Waals surface area contributed by atoms with Crippen LogP contribution in [0, 0.1) is 6.92 Å². The maximum Gasteiger partial charge on any atom is 0.296 e. The normalized spacial score (nSPS) is 16.9. The van der Waals surface area contributed by atoms with Crippen LogP contribution in [0.25, 0.3) is 10.2 Å². The van der Waals surface area contributed by atoms with Crippen LogP contribution in [0.2, 0.25) is 0 Å². The van der Waals surface area contributed by atoms with Crippen LogP contribution in [0.4, 0.5) is 5.13 Å². The lowest BCUT2D eigenvalue weighted by Crippen LogP contribution is -2.30. The van der Waals surface area contributed by atoms with Crippen LogP contribution in [-0.4, -0.2) is 35.2 Å². The van der Waals surface area contributed by atoms with Crippen molar-refractivity contribution in [1.82, 2.24) is 4.98 Å². The van der Waals surface area contributed by atoms with Gasteiger partial charge in [0, 0.05) is 0 Å². The fraction of sp³-hybridized carbons (Fsp3) is 0.192. The second kappa shape index (κ2) is 8.42. The quantitative estimate of drug-likeness (QED) is 0.361. The number of aliphatic hydroxyl groups excluding tert-OH is 1. The summed E-state index contributed by atoms with van der Waals surface area (Å²) in [6.45, 7) is 4.20. The highest BCUT2D eigenvalue weighted by molar-refractivity contribution is 7.22. The zero-order valence-electron chi connectivity index (χ0n) is 19.3. The molecule has 4 heterocycles. The first-order valence-corrected chi connectivity index (χ1v) is 12.1. The molecule has 0 radical (unpaired) electrons. The van der Waals surface area contributed by atoms with Gasteiger partial charge in [0.2, 0.25) is 12.6 Å². The van der Waals surface area contributed by atoms with Gasteiger partial charge in [-0.2, -0.15) is 0 Å². The molecular formula is C26H20N2O7S. The van der Waals surface area contributed by atoms with Crippen LogP contribution < -0.4 is 19.1 Å². The number of furan rings is 1. The number of ether oxygens (including phenoxy) is 3. The molecule has 1 amide bonds. The Morgan fingerprint density at radius 1 is 1.17 bits per heavy atom. The molecule has 1 N–H and O–H groups in total. The molecule has 36 heavy (non-hydrogen) atoms. The number of amides is 1. The van der Waals surface area contributed by atoms with Gasteiger partial charge in [0.05, 0.1) is 28.4 Å². The van der Waals surface area contributed by atoms with Gasteiger partial charge in [-0.3, -0.25) is 14.5 Å². The number of carbonyl (C=O) groups is 2. The molecule has 0 saturated carbocycles.